The molecular weight excluding hydrogens is 323 g/mol. The van der Waals surface area contributed by atoms with Gasteiger partial charge in [-0.2, -0.15) is 0 Å². The molecule has 0 aliphatic heterocycles. The van der Waals surface area contributed by atoms with Gasteiger partial charge in [0.25, 0.3) is 0 Å². The van der Waals surface area contributed by atoms with E-state index in [2.05, 4.69) is 29.8 Å². The van der Waals surface area contributed by atoms with Gasteiger partial charge in [-0.15, -0.1) is 0 Å². The van der Waals surface area contributed by atoms with Crippen LogP contribution in [0.15, 0.2) is 16.6 Å². The highest BCUT2D eigenvalue weighted by molar-refractivity contribution is 9.10. The molecule has 5 heteroatoms. The zero-order valence-corrected chi connectivity index (χ0v) is 13.4. The highest BCUT2D eigenvalue weighted by atomic mass is 79.9. The van der Waals surface area contributed by atoms with Gasteiger partial charge < -0.3 is 10.5 Å². The number of amidine groups is 1. The summed E-state index contributed by atoms with van der Waals surface area (Å²) < 4.78 is 20.2. The Kier molecular flexibility index (Phi) is 4.37. The Labute approximate surface area is 127 Å². The second-order valence-electron chi connectivity index (χ2n) is 6.13. The Morgan fingerprint density at radius 2 is 2.00 bits per heavy atom. The summed E-state index contributed by atoms with van der Waals surface area (Å²) in [5.74, 6) is -0.421. The summed E-state index contributed by atoms with van der Waals surface area (Å²) in [5.41, 5.74) is 6.10. The highest BCUT2D eigenvalue weighted by Crippen LogP contribution is 2.37. The molecule has 1 fully saturated rings. The molecule has 1 aliphatic rings. The van der Waals surface area contributed by atoms with Crippen molar-refractivity contribution in [2.45, 2.75) is 45.6 Å². The van der Waals surface area contributed by atoms with Crippen LogP contribution in [0.3, 0.4) is 0 Å². The average molecular weight is 343 g/mol. The Balaban J connectivity index is 2.11. The molecule has 110 valence electrons. The fourth-order valence-corrected chi connectivity index (χ4v) is 3.04. The van der Waals surface area contributed by atoms with Crippen LogP contribution in [0.4, 0.5) is 4.39 Å². The van der Waals surface area contributed by atoms with Crippen molar-refractivity contribution in [2.75, 3.05) is 0 Å². The Bertz CT molecular complexity index is 521. The Hall–Kier alpha value is -1.10. The third kappa shape index (κ3) is 3.32. The van der Waals surface area contributed by atoms with Crippen LogP contribution in [0, 0.1) is 16.6 Å². The minimum Gasteiger partial charge on any atom is -0.487 e. The maximum Gasteiger partial charge on any atom is 0.179 e. The molecule has 20 heavy (non-hydrogen) atoms. The number of benzene rings is 1. The number of hydrogen-bond donors (Lipinski definition) is 2. The van der Waals surface area contributed by atoms with Crippen molar-refractivity contribution >= 4 is 21.8 Å². The predicted octanol–water partition coefficient (Wildman–Crippen LogP) is 4.22. The largest absolute Gasteiger partial charge is 0.487 e. The van der Waals surface area contributed by atoms with E-state index in [0.29, 0.717) is 11.0 Å². The van der Waals surface area contributed by atoms with E-state index < -0.39 is 5.82 Å². The van der Waals surface area contributed by atoms with E-state index in [-0.39, 0.29) is 22.2 Å². The number of ether oxygens (including phenoxy) is 1. The van der Waals surface area contributed by atoms with Gasteiger partial charge in [0.05, 0.1) is 10.6 Å². The third-order valence-electron chi connectivity index (χ3n) is 3.92. The predicted molar refractivity (Wildman–Crippen MR) is 81.8 cm³/mol. The lowest BCUT2D eigenvalue weighted by Crippen LogP contribution is -2.28. The van der Waals surface area contributed by atoms with Crippen LogP contribution in [0.5, 0.6) is 5.75 Å². The molecule has 0 amide bonds. The molecule has 0 unspecified atom stereocenters. The molecule has 2 rings (SSSR count). The molecule has 0 bridgehead atoms. The first-order valence-corrected chi connectivity index (χ1v) is 7.58. The van der Waals surface area contributed by atoms with Crippen molar-refractivity contribution in [1.29, 1.82) is 5.41 Å². The van der Waals surface area contributed by atoms with Crippen LogP contribution in [0.25, 0.3) is 0 Å². The topological polar surface area (TPSA) is 59.1 Å². The van der Waals surface area contributed by atoms with E-state index in [0.717, 1.165) is 25.7 Å². The zero-order chi connectivity index (χ0) is 14.9. The quantitative estimate of drug-likeness (QED) is 0.638. The first kappa shape index (κ1) is 15.3. The minimum absolute atomic E-state index is 0.0626. The number of nitrogens with one attached hydrogen (secondary N) is 1. The molecule has 1 aromatic carbocycles. The molecule has 3 N–H and O–H groups in total. The summed E-state index contributed by atoms with van der Waals surface area (Å²) in [7, 11) is 0. The van der Waals surface area contributed by atoms with Gasteiger partial charge in [0, 0.05) is 5.56 Å². The molecule has 0 aromatic heterocycles. The van der Waals surface area contributed by atoms with Gasteiger partial charge in [-0.3, -0.25) is 5.41 Å². The standard InChI is InChI=1S/C15H20BrFN2O/c1-15(2)7-5-9(6-8-15)20-11-4-3-10(14(18)19)12(16)13(11)17/h3-4,9H,5-8H2,1-2H3,(H3,18,19). The number of halogens is 2. The monoisotopic (exact) mass is 342 g/mol. The zero-order valence-electron chi connectivity index (χ0n) is 11.8. The first-order valence-electron chi connectivity index (χ1n) is 6.79. The molecule has 0 spiro atoms. The second kappa shape index (κ2) is 5.72. The number of nitrogens with two attached hydrogens (primary N) is 1. The van der Waals surface area contributed by atoms with Crippen LogP contribution < -0.4 is 10.5 Å². The van der Waals surface area contributed by atoms with E-state index >= 15 is 0 Å². The van der Waals surface area contributed by atoms with Crippen LogP contribution in [0.2, 0.25) is 0 Å². The van der Waals surface area contributed by atoms with Gasteiger partial charge >= 0.3 is 0 Å². The van der Waals surface area contributed by atoms with Crippen molar-refractivity contribution in [3.63, 3.8) is 0 Å². The smallest absolute Gasteiger partial charge is 0.179 e. The molecule has 0 saturated heterocycles. The summed E-state index contributed by atoms with van der Waals surface area (Å²) in [5, 5.41) is 7.38. The van der Waals surface area contributed by atoms with Crippen LogP contribution in [-0.2, 0) is 0 Å². The SMILES string of the molecule is CC1(C)CCC(Oc2ccc(C(=N)N)c(Br)c2F)CC1. The highest BCUT2D eigenvalue weighted by Gasteiger charge is 2.28. The second-order valence-corrected chi connectivity index (χ2v) is 6.93. The Morgan fingerprint density at radius 1 is 1.40 bits per heavy atom. The van der Waals surface area contributed by atoms with Gasteiger partial charge in [0.2, 0.25) is 0 Å². The summed E-state index contributed by atoms with van der Waals surface area (Å²) in [4.78, 5) is 0. The molecule has 0 atom stereocenters. The van der Waals surface area contributed by atoms with E-state index in [9.17, 15) is 4.39 Å². The number of hydrogen-bond acceptors (Lipinski definition) is 2. The van der Waals surface area contributed by atoms with Crippen molar-refractivity contribution in [1.82, 2.24) is 0 Å². The lowest BCUT2D eigenvalue weighted by molar-refractivity contribution is 0.0951. The average Bonchev–Trinajstić information content (AvgIpc) is 2.37. The van der Waals surface area contributed by atoms with E-state index in [1.165, 1.54) is 0 Å². The van der Waals surface area contributed by atoms with Gasteiger partial charge in [-0.1, -0.05) is 13.8 Å². The van der Waals surface area contributed by atoms with Crippen LogP contribution in [0.1, 0.15) is 45.1 Å². The van der Waals surface area contributed by atoms with E-state index in [4.69, 9.17) is 15.9 Å². The maximum atomic E-state index is 14.2. The normalized spacial score (nSPS) is 18.8. The van der Waals surface area contributed by atoms with Crippen molar-refractivity contribution in [3.8, 4) is 5.75 Å². The lowest BCUT2D eigenvalue weighted by atomic mass is 9.76. The van der Waals surface area contributed by atoms with Crippen molar-refractivity contribution in [2.24, 2.45) is 11.1 Å². The summed E-state index contributed by atoms with van der Waals surface area (Å²) >= 11 is 3.14. The fraction of sp³-hybridized carbons (Fsp3) is 0.533. The van der Waals surface area contributed by atoms with Gasteiger partial charge in [-0.25, -0.2) is 4.39 Å². The molecule has 1 aromatic rings. The number of rotatable bonds is 3. The maximum absolute atomic E-state index is 14.2. The summed E-state index contributed by atoms with van der Waals surface area (Å²) in [6.45, 7) is 4.50. The molecule has 1 aliphatic carbocycles. The van der Waals surface area contributed by atoms with Gasteiger partial charge in [0.15, 0.2) is 11.6 Å². The molecule has 3 nitrogen and oxygen atoms in total. The minimum atomic E-state index is -0.484. The number of nitrogen functional groups attached to an aromatic ring is 1. The fourth-order valence-electron chi connectivity index (χ4n) is 2.50. The van der Waals surface area contributed by atoms with E-state index in [1.807, 2.05) is 0 Å². The summed E-state index contributed by atoms with van der Waals surface area (Å²) in [6.07, 6.45) is 4.13. The summed E-state index contributed by atoms with van der Waals surface area (Å²) in [6, 6.07) is 3.16. The van der Waals surface area contributed by atoms with Crippen molar-refractivity contribution < 1.29 is 9.13 Å². The molecule has 0 heterocycles. The van der Waals surface area contributed by atoms with Crippen LogP contribution in [-0.4, -0.2) is 11.9 Å². The lowest BCUT2D eigenvalue weighted by Gasteiger charge is -2.34. The molecule has 0 radical (unpaired) electrons. The molecular formula is C15H20BrFN2O. The first-order chi connectivity index (χ1) is 9.30. The third-order valence-corrected chi connectivity index (χ3v) is 4.69. The Morgan fingerprint density at radius 3 is 2.55 bits per heavy atom. The van der Waals surface area contributed by atoms with Gasteiger partial charge in [0.1, 0.15) is 5.84 Å². The van der Waals surface area contributed by atoms with Crippen molar-refractivity contribution in [3.05, 3.63) is 28.0 Å². The van der Waals surface area contributed by atoms with Crippen LogP contribution >= 0.6 is 15.9 Å². The molecule has 1 saturated carbocycles. The van der Waals surface area contributed by atoms with Gasteiger partial charge in [-0.05, 0) is 59.2 Å². The van der Waals surface area contributed by atoms with E-state index in [1.54, 1.807) is 12.1 Å².